The van der Waals surface area contributed by atoms with Gasteiger partial charge >= 0.3 is 27.0 Å². The zero-order valence-corrected chi connectivity index (χ0v) is 22.1. The van der Waals surface area contributed by atoms with Crippen molar-refractivity contribution in [2.75, 3.05) is 0 Å². The molecule has 4 nitrogen and oxygen atoms in total. The third-order valence-corrected chi connectivity index (χ3v) is 6.39. The fourth-order valence-electron chi connectivity index (χ4n) is 3.33. The van der Waals surface area contributed by atoms with Crippen LogP contribution in [0.3, 0.4) is 0 Å². The van der Waals surface area contributed by atoms with E-state index in [1.54, 1.807) is 0 Å². The number of hydrogen-bond acceptors (Lipinski definition) is 2. The van der Waals surface area contributed by atoms with Gasteiger partial charge in [-0.05, 0) is 27.5 Å². The summed E-state index contributed by atoms with van der Waals surface area (Å²) < 4.78 is 29.5. The molecule has 0 spiro atoms. The summed E-state index contributed by atoms with van der Waals surface area (Å²) in [6, 6.07) is 5.43. The van der Waals surface area contributed by atoms with Gasteiger partial charge in [0.2, 0.25) is 0 Å². The maximum atomic E-state index is 12.7. The van der Waals surface area contributed by atoms with E-state index in [-0.39, 0.29) is 36.1 Å². The molecule has 29 heavy (non-hydrogen) atoms. The van der Waals surface area contributed by atoms with Crippen LogP contribution in [0.5, 0.6) is 0 Å². The normalized spacial score (nSPS) is 20.3. The number of nitrogens with one attached hydrogen (secondary N) is 1. The monoisotopic (exact) mass is 530 g/mol. The van der Waals surface area contributed by atoms with Gasteiger partial charge in [-0.25, -0.2) is 8.42 Å². The van der Waals surface area contributed by atoms with E-state index in [1.807, 2.05) is 29.4 Å². The average Bonchev–Trinajstić information content (AvgIpc) is 2.56. The molecule has 0 radical (unpaired) electrons. The Morgan fingerprint density at radius 1 is 1.00 bits per heavy atom. The summed E-state index contributed by atoms with van der Waals surface area (Å²) in [5.41, 5.74) is 11.0. The van der Waals surface area contributed by atoms with Crippen molar-refractivity contribution in [3.63, 3.8) is 0 Å². The number of hydrogen-bond donors (Lipinski definition) is 0. The van der Waals surface area contributed by atoms with Crippen LogP contribution in [-0.2, 0) is 43.9 Å². The Balaban J connectivity index is 0.00000253. The van der Waals surface area contributed by atoms with Gasteiger partial charge in [-0.1, -0.05) is 85.4 Å². The third kappa shape index (κ3) is 9.35. The molecule has 1 aliphatic carbocycles. The van der Waals surface area contributed by atoms with E-state index in [1.165, 1.54) is 0 Å². The summed E-state index contributed by atoms with van der Waals surface area (Å²) in [5.74, 6) is -0.0801. The summed E-state index contributed by atoms with van der Waals surface area (Å²) in [5, 5.41) is 0. The molecule has 1 aromatic carbocycles. The summed E-state index contributed by atoms with van der Waals surface area (Å²) in [4.78, 5) is 0. The van der Waals surface area contributed by atoms with Gasteiger partial charge in [0.15, 0.2) is 0 Å². The van der Waals surface area contributed by atoms with Gasteiger partial charge in [0.05, 0.1) is 15.8 Å². The van der Waals surface area contributed by atoms with Crippen LogP contribution in [0.25, 0.3) is 10.5 Å². The fourth-order valence-corrected chi connectivity index (χ4v) is 4.66. The fraction of sp³-hybridized carbons (Fsp3) is 0.682. The van der Waals surface area contributed by atoms with Crippen LogP contribution >= 0.6 is 9.69 Å². The number of benzene rings is 1. The van der Waals surface area contributed by atoms with Crippen LogP contribution in [0.15, 0.2) is 18.2 Å². The molecule has 0 amide bonds. The molecular weight excluding hydrogens is 493 g/mol. The predicted octanol–water partition coefficient (Wildman–Crippen LogP) is 6.99. The molecule has 2 atom stereocenters. The molecule has 0 heterocycles. The summed E-state index contributed by atoms with van der Waals surface area (Å²) in [7, 11) is 0.982. The van der Waals surface area contributed by atoms with Crippen LogP contribution in [0, 0.1) is 7.43 Å². The molecule has 0 saturated heterocycles. The molecule has 1 aromatic rings. The summed E-state index contributed by atoms with van der Waals surface area (Å²) in [6.07, 6.45) is 3.43. The first-order chi connectivity index (χ1) is 12.8. The number of sulfonamides is 1. The zero-order chi connectivity index (χ0) is 21.8. The molecule has 0 bridgehead atoms. The van der Waals surface area contributed by atoms with Crippen molar-refractivity contribution in [3.05, 3.63) is 52.8 Å². The first-order valence-corrected chi connectivity index (χ1v) is 13.6. The van der Waals surface area contributed by atoms with Gasteiger partial charge in [0.1, 0.15) is 0 Å². The van der Waals surface area contributed by atoms with E-state index in [4.69, 9.17) is 5.73 Å². The van der Waals surface area contributed by atoms with Crippen molar-refractivity contribution in [3.8, 4) is 0 Å². The second kappa shape index (κ2) is 11.6. The minimum atomic E-state index is -3.59. The van der Waals surface area contributed by atoms with E-state index in [0.717, 1.165) is 36.0 Å². The second-order valence-corrected chi connectivity index (χ2v) is 11.4. The van der Waals surface area contributed by atoms with Crippen molar-refractivity contribution in [1.29, 1.82) is 0 Å². The van der Waals surface area contributed by atoms with Gasteiger partial charge in [-0.2, -0.15) is 6.04 Å². The summed E-state index contributed by atoms with van der Waals surface area (Å²) >= 11 is 1.82. The van der Waals surface area contributed by atoms with E-state index in [9.17, 15) is 8.42 Å². The van der Waals surface area contributed by atoms with Gasteiger partial charge in [-0.15, -0.1) is 6.04 Å². The van der Waals surface area contributed by atoms with E-state index < -0.39 is 10.0 Å². The Hall–Kier alpha value is 0.00338. The van der Waals surface area contributed by atoms with Crippen molar-refractivity contribution >= 4 is 19.7 Å². The second-order valence-electron chi connectivity index (χ2n) is 9.71. The number of nitrogens with zero attached hydrogens (tertiary/aromatic N) is 1. The summed E-state index contributed by atoms with van der Waals surface area (Å²) in [6.45, 7) is 12.9. The molecule has 168 valence electrons. The van der Waals surface area contributed by atoms with Crippen molar-refractivity contribution in [2.45, 2.75) is 95.9 Å². The van der Waals surface area contributed by atoms with Gasteiger partial charge in [-0.3, -0.25) is 0 Å². The Kier molecular flexibility index (Phi) is 11.6. The molecule has 1 saturated carbocycles. The Bertz CT molecular complexity index is 708. The third-order valence-electron chi connectivity index (χ3n) is 5.10. The van der Waals surface area contributed by atoms with Crippen LogP contribution in [-0.4, -0.2) is 20.5 Å². The Labute approximate surface area is 193 Å². The maximum absolute atomic E-state index is 12.7. The van der Waals surface area contributed by atoms with Crippen LogP contribution in [0.1, 0.15) is 83.9 Å². The van der Waals surface area contributed by atoms with Crippen molar-refractivity contribution in [1.82, 2.24) is 0 Å². The molecule has 0 aliphatic heterocycles. The Morgan fingerprint density at radius 3 is 1.86 bits per heavy atom. The van der Waals surface area contributed by atoms with E-state index in [2.05, 4.69) is 62.0 Å². The number of halogens is 1. The molecule has 2 unspecified atom stereocenters. The van der Waals surface area contributed by atoms with Crippen LogP contribution in [0.2, 0.25) is 0 Å². The molecule has 7 heteroatoms. The molecule has 1 N–H and O–H groups in total. The van der Waals surface area contributed by atoms with E-state index >= 15 is 0 Å². The average molecular weight is 530 g/mol. The Morgan fingerprint density at radius 2 is 1.45 bits per heavy atom. The molecule has 0 aromatic heterocycles. The standard InChI is InChI=1S/C21H34N2O2S.CH3.ClH.Ru/c1-20(2,3)16-11-15(12-17(13-16)21(4,5)6)14-26(24,25)23-19-10-8-7-9-18(19)22;;;/h11-13,18-19,22H,7-10,14H2,1-6H3;1H3;1H;/q-2;-1;;+4/p-1. The topological polar surface area (TPSA) is 72.0 Å². The number of rotatable bonds is 4. The molecular formula is C22H37ClN2O2RuS. The predicted molar refractivity (Wildman–Crippen MR) is 122 cm³/mol. The molecule has 2 rings (SSSR count). The van der Waals surface area contributed by atoms with Gasteiger partial charge in [0.25, 0.3) is 0 Å². The van der Waals surface area contributed by atoms with Gasteiger partial charge < -0.3 is 17.9 Å². The van der Waals surface area contributed by atoms with Crippen molar-refractivity contribution < 1.29 is 25.7 Å². The minimum absolute atomic E-state index is 0. The first kappa shape index (κ1) is 29.0. The van der Waals surface area contributed by atoms with E-state index in [0.29, 0.717) is 6.42 Å². The quantitative estimate of drug-likeness (QED) is 0.311. The van der Waals surface area contributed by atoms with Crippen molar-refractivity contribution in [2.24, 2.45) is 0 Å². The SMILES string of the molecule is CC(C)(C)c1cc(CS(=O)(=O)[N-]C2CCCCC2[NH-])cc(C(C)(C)C)c1.[CH3-].[Cl][Ru+3]. The van der Waals surface area contributed by atoms with Crippen LogP contribution in [0.4, 0.5) is 0 Å². The zero-order valence-electron chi connectivity index (χ0n) is 18.8. The first-order valence-electron chi connectivity index (χ1n) is 9.72. The molecule has 1 fully saturated rings. The van der Waals surface area contributed by atoms with Gasteiger partial charge in [0, 0.05) is 0 Å². The van der Waals surface area contributed by atoms with Crippen LogP contribution < -0.4 is 0 Å². The molecule has 1 aliphatic rings.